The summed E-state index contributed by atoms with van der Waals surface area (Å²) >= 11 is 12.7. The minimum atomic E-state index is -1.73. The number of aromatic hydroxyl groups is 2. The number of hydrogen-bond acceptors (Lipinski definition) is 10. The highest BCUT2D eigenvalue weighted by Gasteiger charge is 2.70. The van der Waals surface area contributed by atoms with Crippen LogP contribution in [0.15, 0.2) is 90.5 Å². The summed E-state index contributed by atoms with van der Waals surface area (Å²) in [4.78, 5) is 71.8. The SMILES string of the molecule is CCOc1cccc(C2C3=CCC4C(=O)N(c5ccc(C(=O)O)c(O)c5)C(=O)C4C3CC3C(=O)N(Nc4ccc(Cl)cc4Cl)C(=O)C32c2ccc(OC)cc2)c1O. The fourth-order valence-corrected chi connectivity index (χ4v) is 9.78. The highest BCUT2D eigenvalue weighted by Crippen LogP contribution is 2.65. The molecule has 2 saturated heterocycles. The maximum absolute atomic E-state index is 15.5. The van der Waals surface area contributed by atoms with Gasteiger partial charge in [-0.2, -0.15) is 5.01 Å². The van der Waals surface area contributed by atoms with Crippen LogP contribution >= 0.6 is 23.2 Å². The molecule has 4 amide bonds. The first-order valence-electron chi connectivity index (χ1n) is 18.2. The lowest BCUT2D eigenvalue weighted by Gasteiger charge is -2.50. The van der Waals surface area contributed by atoms with Gasteiger partial charge in [0.05, 0.1) is 53.3 Å². The van der Waals surface area contributed by atoms with Crippen molar-refractivity contribution in [2.45, 2.75) is 31.1 Å². The van der Waals surface area contributed by atoms with Gasteiger partial charge >= 0.3 is 5.97 Å². The molecule has 13 nitrogen and oxygen atoms in total. The van der Waals surface area contributed by atoms with Gasteiger partial charge in [0.1, 0.15) is 17.1 Å². The Morgan fingerprint density at radius 1 is 0.930 bits per heavy atom. The zero-order valence-corrected chi connectivity index (χ0v) is 32.0. The van der Waals surface area contributed by atoms with Crippen molar-refractivity contribution in [3.05, 3.63) is 117 Å². The molecule has 1 saturated carbocycles. The number of amides is 4. The van der Waals surface area contributed by atoms with Crippen molar-refractivity contribution in [1.29, 1.82) is 0 Å². The summed E-state index contributed by atoms with van der Waals surface area (Å²) in [5.74, 6) is -8.96. The number of carboxylic acids is 1. The molecule has 6 unspecified atom stereocenters. The molecule has 2 aliphatic heterocycles. The fraction of sp³-hybridized carbons (Fsp3) is 0.262. The number of imide groups is 2. The maximum atomic E-state index is 15.5. The molecular formula is C42H35Cl2N3O10. The van der Waals surface area contributed by atoms with E-state index in [0.717, 1.165) is 22.0 Å². The van der Waals surface area contributed by atoms with Crippen LogP contribution in [-0.2, 0) is 24.6 Å². The van der Waals surface area contributed by atoms with Crippen LogP contribution in [0.25, 0.3) is 0 Å². The topological polar surface area (TPSA) is 183 Å². The Morgan fingerprint density at radius 3 is 2.35 bits per heavy atom. The van der Waals surface area contributed by atoms with Crippen LogP contribution in [0.4, 0.5) is 11.4 Å². The maximum Gasteiger partial charge on any atom is 0.339 e. The third-order valence-electron chi connectivity index (χ3n) is 11.7. The average molecular weight is 813 g/mol. The molecule has 57 heavy (non-hydrogen) atoms. The number of carboxylic acid groups (broad SMARTS) is 1. The number of methoxy groups -OCH3 is 1. The average Bonchev–Trinajstić information content (AvgIpc) is 3.57. The first kappa shape index (κ1) is 37.9. The van der Waals surface area contributed by atoms with Crippen LogP contribution in [0.5, 0.6) is 23.0 Å². The van der Waals surface area contributed by atoms with E-state index in [4.69, 9.17) is 32.7 Å². The molecule has 4 aliphatic rings. The number of allylic oxidation sites excluding steroid dienone is 2. The second-order valence-corrected chi connectivity index (χ2v) is 15.2. The Morgan fingerprint density at radius 2 is 1.68 bits per heavy atom. The van der Waals surface area contributed by atoms with E-state index in [9.17, 15) is 34.5 Å². The Labute approximate surface area is 336 Å². The van der Waals surface area contributed by atoms with Gasteiger partial charge in [0.2, 0.25) is 11.8 Å². The molecule has 2 heterocycles. The zero-order valence-electron chi connectivity index (χ0n) is 30.4. The highest BCUT2D eigenvalue weighted by atomic mass is 35.5. The van der Waals surface area contributed by atoms with E-state index in [2.05, 4.69) is 5.43 Å². The van der Waals surface area contributed by atoms with Crippen molar-refractivity contribution in [2.24, 2.45) is 23.7 Å². The number of nitrogens with one attached hydrogen (secondary N) is 1. The van der Waals surface area contributed by atoms with Gasteiger partial charge in [-0.3, -0.25) is 24.6 Å². The lowest BCUT2D eigenvalue weighted by atomic mass is 9.49. The summed E-state index contributed by atoms with van der Waals surface area (Å²) < 4.78 is 11.3. The van der Waals surface area contributed by atoms with Gasteiger partial charge in [0.25, 0.3) is 11.8 Å². The van der Waals surface area contributed by atoms with E-state index in [1.165, 1.54) is 25.3 Å². The number of aromatic carboxylic acids is 1. The third kappa shape index (κ3) is 5.70. The van der Waals surface area contributed by atoms with Crippen molar-refractivity contribution in [3.63, 3.8) is 0 Å². The molecule has 4 aromatic rings. The predicted octanol–water partition coefficient (Wildman–Crippen LogP) is 6.70. The van der Waals surface area contributed by atoms with Crippen LogP contribution in [0.2, 0.25) is 10.0 Å². The largest absolute Gasteiger partial charge is 0.507 e. The predicted molar refractivity (Wildman–Crippen MR) is 207 cm³/mol. The fourth-order valence-electron chi connectivity index (χ4n) is 9.33. The zero-order chi connectivity index (χ0) is 40.5. The molecule has 0 bridgehead atoms. The Kier molecular flexibility index (Phi) is 9.40. The van der Waals surface area contributed by atoms with Crippen molar-refractivity contribution >= 4 is 64.2 Å². The van der Waals surface area contributed by atoms with Gasteiger partial charge in [0.15, 0.2) is 11.5 Å². The van der Waals surface area contributed by atoms with Gasteiger partial charge in [0, 0.05) is 22.6 Å². The number of para-hydroxylation sites is 1. The number of hydrazine groups is 1. The number of hydrogen-bond donors (Lipinski definition) is 4. The molecular weight excluding hydrogens is 777 g/mol. The lowest BCUT2D eigenvalue weighted by Crippen LogP contribution is -2.53. The van der Waals surface area contributed by atoms with Gasteiger partial charge in [-0.05, 0) is 79.8 Å². The number of halogens is 2. The van der Waals surface area contributed by atoms with Gasteiger partial charge in [-0.15, -0.1) is 0 Å². The minimum Gasteiger partial charge on any atom is -0.507 e. The molecule has 292 valence electrons. The van der Waals surface area contributed by atoms with Crippen molar-refractivity contribution < 1.29 is 48.8 Å². The smallest absolute Gasteiger partial charge is 0.339 e. The quantitative estimate of drug-likeness (QED) is 0.104. The van der Waals surface area contributed by atoms with E-state index in [1.807, 2.05) is 6.08 Å². The standard InChI is InChI=1S/C42H35Cl2N3O10/c1-3-57-33-6-4-5-27(36(33)49)35-24-14-15-26-34(39(52)46(37(26)50)22-10-13-25(40(53)54)32(48)18-22)28(24)19-29-38(51)47(45-31-16-9-21(43)17-30(31)44)41(55)42(29,35)20-7-11-23(56-2)12-8-20/h4-14,16-18,26,28-29,34-35,45,48-49H,3,15,19H2,1-2H3,(H,53,54). The second-order valence-electron chi connectivity index (χ2n) is 14.4. The lowest BCUT2D eigenvalue weighted by molar-refractivity contribution is -0.138. The number of phenolic OH excluding ortho intramolecular Hbond substituents is 1. The van der Waals surface area contributed by atoms with Crippen LogP contribution in [-0.4, -0.2) is 63.6 Å². The van der Waals surface area contributed by atoms with Crippen molar-refractivity contribution in [2.75, 3.05) is 24.0 Å². The van der Waals surface area contributed by atoms with Crippen LogP contribution in [0.3, 0.4) is 0 Å². The summed E-state index contributed by atoms with van der Waals surface area (Å²) in [5.41, 5.74) is 2.31. The van der Waals surface area contributed by atoms with Gasteiger partial charge < -0.3 is 24.8 Å². The molecule has 2 aliphatic carbocycles. The molecule has 15 heteroatoms. The van der Waals surface area contributed by atoms with E-state index in [1.54, 1.807) is 55.5 Å². The number of fused-ring (bicyclic) bond motifs is 4. The number of benzene rings is 4. The molecule has 4 N–H and O–H groups in total. The van der Waals surface area contributed by atoms with E-state index in [0.29, 0.717) is 21.9 Å². The molecule has 4 aromatic carbocycles. The number of ether oxygens (including phenoxy) is 2. The Balaban J connectivity index is 1.33. The molecule has 0 aromatic heterocycles. The molecule has 0 spiro atoms. The van der Waals surface area contributed by atoms with Crippen LogP contribution < -0.4 is 19.8 Å². The summed E-state index contributed by atoms with van der Waals surface area (Å²) in [6.07, 6.45) is 1.86. The summed E-state index contributed by atoms with van der Waals surface area (Å²) in [5, 5.41) is 33.3. The summed E-state index contributed by atoms with van der Waals surface area (Å²) in [6.45, 7) is 1.98. The van der Waals surface area contributed by atoms with Crippen LogP contribution in [0.1, 0.15) is 47.2 Å². The monoisotopic (exact) mass is 811 g/mol. The number of rotatable bonds is 9. The first-order valence-corrected chi connectivity index (χ1v) is 18.9. The highest BCUT2D eigenvalue weighted by molar-refractivity contribution is 6.36. The normalized spacial score (nSPS) is 25.1. The minimum absolute atomic E-state index is 0.00668. The number of anilines is 2. The van der Waals surface area contributed by atoms with E-state index < -0.39 is 75.9 Å². The van der Waals surface area contributed by atoms with Crippen LogP contribution in [0, 0.1) is 23.7 Å². The number of nitrogens with zero attached hydrogens (tertiary/aromatic N) is 2. The summed E-state index contributed by atoms with van der Waals surface area (Å²) in [7, 11) is 1.50. The first-order chi connectivity index (χ1) is 27.3. The number of carbonyl (C=O) groups is 5. The summed E-state index contributed by atoms with van der Waals surface area (Å²) in [6, 6.07) is 19.7. The van der Waals surface area contributed by atoms with Gasteiger partial charge in [-0.1, -0.05) is 59.1 Å². The van der Waals surface area contributed by atoms with E-state index >= 15 is 4.79 Å². The third-order valence-corrected chi connectivity index (χ3v) is 12.2. The molecule has 6 atom stereocenters. The Bertz CT molecular complexity index is 2420. The second kappa shape index (κ2) is 14.2. The Hall–Kier alpha value is -6.05. The number of carbonyl (C=O) groups excluding carboxylic acids is 4. The number of phenols is 2. The van der Waals surface area contributed by atoms with Crippen molar-refractivity contribution in [1.82, 2.24) is 5.01 Å². The molecule has 8 rings (SSSR count). The van der Waals surface area contributed by atoms with Gasteiger partial charge in [-0.25, -0.2) is 9.69 Å². The molecule has 3 fully saturated rings. The van der Waals surface area contributed by atoms with E-state index in [-0.39, 0.29) is 52.9 Å². The van der Waals surface area contributed by atoms with Crippen molar-refractivity contribution in [3.8, 4) is 23.0 Å². The molecule has 0 radical (unpaired) electrons.